The van der Waals surface area contributed by atoms with Crippen molar-refractivity contribution in [1.82, 2.24) is 15.0 Å². The van der Waals surface area contributed by atoms with E-state index in [2.05, 4.69) is 15.0 Å². The number of aromatic nitrogens is 3. The summed E-state index contributed by atoms with van der Waals surface area (Å²) in [6.07, 6.45) is 6.08. The smallest absolute Gasteiger partial charge is 0.108 e. The Bertz CT molecular complexity index is 661. The summed E-state index contributed by atoms with van der Waals surface area (Å²) in [5.74, 6) is 0.889. The number of H-pyrrole nitrogens is 1. The predicted molar refractivity (Wildman–Crippen MR) is 78.9 cm³/mol. The maximum atomic E-state index is 6.20. The molecule has 3 N–H and O–H groups in total. The van der Waals surface area contributed by atoms with Gasteiger partial charge in [-0.05, 0) is 17.7 Å². The molecule has 4 nitrogen and oxygen atoms in total. The third-order valence-electron chi connectivity index (χ3n) is 3.24. The highest BCUT2D eigenvalue weighted by Crippen LogP contribution is 2.18. The second-order valence-electron chi connectivity index (χ2n) is 4.71. The third-order valence-corrected chi connectivity index (χ3v) is 3.24. The Morgan fingerprint density at radius 3 is 2.65 bits per heavy atom. The lowest BCUT2D eigenvalue weighted by Gasteiger charge is -2.09. The molecule has 100 valence electrons. The molecule has 3 rings (SSSR count). The molecule has 4 heteroatoms. The van der Waals surface area contributed by atoms with Crippen molar-refractivity contribution in [3.63, 3.8) is 0 Å². The van der Waals surface area contributed by atoms with Crippen LogP contribution in [-0.2, 0) is 6.42 Å². The van der Waals surface area contributed by atoms with Crippen LogP contribution in [0.2, 0.25) is 0 Å². The molecule has 0 bridgehead atoms. The fourth-order valence-corrected chi connectivity index (χ4v) is 2.16. The molecule has 1 atom stereocenters. The number of nitrogens with zero attached hydrogens (tertiary/aromatic N) is 2. The Hall–Kier alpha value is -2.46. The van der Waals surface area contributed by atoms with Crippen LogP contribution in [0.3, 0.4) is 0 Å². The highest BCUT2D eigenvalue weighted by molar-refractivity contribution is 5.56. The van der Waals surface area contributed by atoms with Gasteiger partial charge in [0, 0.05) is 30.4 Å². The van der Waals surface area contributed by atoms with Crippen LogP contribution >= 0.6 is 0 Å². The first-order chi connectivity index (χ1) is 9.83. The molecular weight excluding hydrogens is 248 g/mol. The van der Waals surface area contributed by atoms with Crippen molar-refractivity contribution in [2.75, 3.05) is 0 Å². The zero-order valence-electron chi connectivity index (χ0n) is 11.0. The van der Waals surface area contributed by atoms with Crippen molar-refractivity contribution >= 4 is 0 Å². The van der Waals surface area contributed by atoms with E-state index in [1.54, 1.807) is 6.20 Å². The maximum Gasteiger partial charge on any atom is 0.108 e. The van der Waals surface area contributed by atoms with Gasteiger partial charge in [0.1, 0.15) is 5.82 Å². The summed E-state index contributed by atoms with van der Waals surface area (Å²) in [6, 6.07) is 13.9. The summed E-state index contributed by atoms with van der Waals surface area (Å²) in [7, 11) is 0. The van der Waals surface area contributed by atoms with Crippen LogP contribution in [-0.4, -0.2) is 15.0 Å². The predicted octanol–water partition coefficient (Wildman–Crippen LogP) is 2.71. The molecule has 0 spiro atoms. The van der Waals surface area contributed by atoms with Crippen molar-refractivity contribution < 1.29 is 0 Å². The van der Waals surface area contributed by atoms with E-state index in [-0.39, 0.29) is 6.04 Å². The summed E-state index contributed by atoms with van der Waals surface area (Å²) in [6.45, 7) is 0. The summed E-state index contributed by atoms with van der Waals surface area (Å²) in [5, 5.41) is 0. The Balaban J connectivity index is 1.75. The number of imidazole rings is 1. The van der Waals surface area contributed by atoms with Gasteiger partial charge in [0.15, 0.2) is 0 Å². The fraction of sp³-hybridized carbons (Fsp3) is 0.125. The summed E-state index contributed by atoms with van der Waals surface area (Å²) in [5.41, 5.74) is 9.31. The molecule has 1 unspecified atom stereocenters. The number of nitrogens with two attached hydrogens (primary N) is 1. The molecule has 20 heavy (non-hydrogen) atoms. The number of aromatic amines is 1. The zero-order chi connectivity index (χ0) is 13.8. The van der Waals surface area contributed by atoms with Crippen molar-refractivity contribution in [3.05, 3.63) is 72.4 Å². The maximum absolute atomic E-state index is 6.20. The van der Waals surface area contributed by atoms with Crippen LogP contribution in [0.1, 0.15) is 17.4 Å². The largest absolute Gasteiger partial charge is 0.342 e. The van der Waals surface area contributed by atoms with E-state index in [9.17, 15) is 0 Å². The Labute approximate surface area is 117 Å². The van der Waals surface area contributed by atoms with Crippen LogP contribution in [0.15, 0.2) is 61.1 Å². The molecule has 0 aliphatic rings. The number of hydrogen-bond donors (Lipinski definition) is 2. The molecule has 0 aliphatic carbocycles. The molecule has 0 amide bonds. The third kappa shape index (κ3) is 2.75. The fourth-order valence-electron chi connectivity index (χ4n) is 2.16. The highest BCUT2D eigenvalue weighted by Gasteiger charge is 2.10. The van der Waals surface area contributed by atoms with E-state index in [1.807, 2.05) is 54.9 Å². The van der Waals surface area contributed by atoms with Gasteiger partial charge < -0.3 is 10.7 Å². The number of rotatable bonds is 4. The number of nitrogens with one attached hydrogen (secondary N) is 1. The van der Waals surface area contributed by atoms with Crippen molar-refractivity contribution in [2.24, 2.45) is 5.73 Å². The molecule has 0 saturated carbocycles. The van der Waals surface area contributed by atoms with Crippen LogP contribution in [0, 0.1) is 0 Å². The Morgan fingerprint density at radius 2 is 1.90 bits per heavy atom. The van der Waals surface area contributed by atoms with E-state index in [4.69, 9.17) is 5.73 Å². The molecule has 0 fully saturated rings. The molecule has 0 radical (unpaired) electrons. The Kier molecular flexibility index (Phi) is 3.56. The second-order valence-corrected chi connectivity index (χ2v) is 4.71. The molecule has 2 aromatic heterocycles. The topological polar surface area (TPSA) is 67.6 Å². The van der Waals surface area contributed by atoms with Gasteiger partial charge in [0.2, 0.25) is 0 Å². The lowest BCUT2D eigenvalue weighted by molar-refractivity contribution is 0.695. The van der Waals surface area contributed by atoms with Crippen molar-refractivity contribution in [3.8, 4) is 11.3 Å². The first-order valence-electron chi connectivity index (χ1n) is 6.58. The molecule has 0 aliphatic heterocycles. The molecule has 1 aromatic carbocycles. The first-order valence-corrected chi connectivity index (χ1v) is 6.58. The SMILES string of the molecule is NC(Cc1ncc(-c2cccnc2)[nH]1)c1ccccc1. The second kappa shape index (κ2) is 5.67. The van der Waals surface area contributed by atoms with E-state index in [0.717, 1.165) is 22.6 Å². The van der Waals surface area contributed by atoms with Crippen LogP contribution in [0.5, 0.6) is 0 Å². The van der Waals surface area contributed by atoms with Gasteiger partial charge in [-0.1, -0.05) is 30.3 Å². The average Bonchev–Trinajstić information content (AvgIpc) is 2.97. The van der Waals surface area contributed by atoms with Crippen molar-refractivity contribution in [2.45, 2.75) is 12.5 Å². The van der Waals surface area contributed by atoms with Crippen molar-refractivity contribution in [1.29, 1.82) is 0 Å². The van der Waals surface area contributed by atoms with Crippen LogP contribution in [0.25, 0.3) is 11.3 Å². The number of hydrogen-bond acceptors (Lipinski definition) is 3. The molecule has 2 heterocycles. The van der Waals surface area contributed by atoms with Gasteiger partial charge in [-0.15, -0.1) is 0 Å². The molecular formula is C16H16N4. The minimum atomic E-state index is -0.0518. The van der Waals surface area contributed by atoms with Crippen LogP contribution < -0.4 is 5.73 Å². The first kappa shape index (κ1) is 12.6. The quantitative estimate of drug-likeness (QED) is 0.761. The zero-order valence-corrected chi connectivity index (χ0v) is 11.0. The molecule has 3 aromatic rings. The normalized spacial score (nSPS) is 12.2. The highest BCUT2D eigenvalue weighted by atomic mass is 14.9. The lowest BCUT2D eigenvalue weighted by Crippen LogP contribution is -2.13. The minimum absolute atomic E-state index is 0.0518. The van der Waals surface area contributed by atoms with E-state index < -0.39 is 0 Å². The monoisotopic (exact) mass is 264 g/mol. The van der Waals surface area contributed by atoms with Gasteiger partial charge in [0.25, 0.3) is 0 Å². The van der Waals surface area contributed by atoms with Crippen LogP contribution in [0.4, 0.5) is 0 Å². The van der Waals surface area contributed by atoms with Gasteiger partial charge in [-0.25, -0.2) is 4.98 Å². The average molecular weight is 264 g/mol. The van der Waals surface area contributed by atoms with Gasteiger partial charge in [-0.3, -0.25) is 4.98 Å². The van der Waals surface area contributed by atoms with E-state index >= 15 is 0 Å². The Morgan fingerprint density at radius 1 is 1.05 bits per heavy atom. The van der Waals surface area contributed by atoms with E-state index in [0.29, 0.717) is 6.42 Å². The van der Waals surface area contributed by atoms with Gasteiger partial charge >= 0.3 is 0 Å². The number of pyridine rings is 1. The number of benzene rings is 1. The molecule has 0 saturated heterocycles. The standard InChI is InChI=1S/C16H16N4/c17-14(12-5-2-1-3-6-12)9-16-19-11-15(20-16)13-7-4-8-18-10-13/h1-8,10-11,14H,9,17H2,(H,19,20). The van der Waals surface area contributed by atoms with E-state index in [1.165, 1.54) is 0 Å². The summed E-state index contributed by atoms with van der Waals surface area (Å²) < 4.78 is 0. The summed E-state index contributed by atoms with van der Waals surface area (Å²) in [4.78, 5) is 11.8. The summed E-state index contributed by atoms with van der Waals surface area (Å²) >= 11 is 0. The lowest BCUT2D eigenvalue weighted by atomic mass is 10.0. The minimum Gasteiger partial charge on any atom is -0.342 e. The van der Waals surface area contributed by atoms with Gasteiger partial charge in [-0.2, -0.15) is 0 Å². The van der Waals surface area contributed by atoms with Gasteiger partial charge in [0.05, 0.1) is 11.9 Å².